The molecule has 0 saturated carbocycles. The molecule has 5 heteroatoms. The molecule has 27 heavy (non-hydrogen) atoms. The van der Waals surface area contributed by atoms with Crippen LogP contribution in [-0.4, -0.2) is 31.0 Å². The lowest BCUT2D eigenvalue weighted by Gasteiger charge is -2.26. The minimum absolute atomic E-state index is 0.00218. The van der Waals surface area contributed by atoms with Gasteiger partial charge in [-0.25, -0.2) is 0 Å². The molecule has 1 fully saturated rings. The van der Waals surface area contributed by atoms with Gasteiger partial charge in [0.05, 0.1) is 12.5 Å². The van der Waals surface area contributed by atoms with E-state index in [2.05, 4.69) is 13.0 Å². The fourth-order valence-corrected chi connectivity index (χ4v) is 4.11. The van der Waals surface area contributed by atoms with Crippen molar-refractivity contribution < 1.29 is 14.3 Å². The van der Waals surface area contributed by atoms with Gasteiger partial charge in [0, 0.05) is 30.4 Å². The number of nitrogens with zero attached hydrogens (tertiary/aromatic N) is 2. The van der Waals surface area contributed by atoms with Gasteiger partial charge in [-0.2, -0.15) is 0 Å². The minimum Gasteiger partial charge on any atom is -0.494 e. The summed E-state index contributed by atoms with van der Waals surface area (Å²) >= 11 is 0. The summed E-state index contributed by atoms with van der Waals surface area (Å²) in [7, 11) is 0. The van der Waals surface area contributed by atoms with Crippen LogP contribution in [-0.2, 0) is 16.0 Å². The van der Waals surface area contributed by atoms with E-state index < -0.39 is 0 Å². The number of carbonyl (C=O) groups excluding carboxylic acids is 2. The zero-order valence-corrected chi connectivity index (χ0v) is 15.7. The van der Waals surface area contributed by atoms with Gasteiger partial charge in [0.15, 0.2) is 0 Å². The molecule has 0 aliphatic carbocycles. The van der Waals surface area contributed by atoms with Crippen LogP contribution in [0.3, 0.4) is 0 Å². The molecule has 0 bridgehead atoms. The molecule has 2 aromatic carbocycles. The topological polar surface area (TPSA) is 49.9 Å². The third-order valence-electron chi connectivity index (χ3n) is 5.38. The van der Waals surface area contributed by atoms with Crippen LogP contribution in [0.25, 0.3) is 0 Å². The number of rotatable bonds is 4. The minimum atomic E-state index is -0.308. The quantitative estimate of drug-likeness (QED) is 0.835. The van der Waals surface area contributed by atoms with E-state index in [4.69, 9.17) is 4.74 Å². The number of ether oxygens (including phenoxy) is 1. The lowest BCUT2D eigenvalue weighted by atomic mass is 10.1. The Morgan fingerprint density at radius 3 is 2.59 bits per heavy atom. The highest BCUT2D eigenvalue weighted by Crippen LogP contribution is 2.35. The zero-order chi connectivity index (χ0) is 19.0. The van der Waals surface area contributed by atoms with Crippen molar-refractivity contribution >= 4 is 23.2 Å². The molecule has 0 aromatic heterocycles. The summed E-state index contributed by atoms with van der Waals surface area (Å²) in [5, 5.41) is 0. The van der Waals surface area contributed by atoms with Crippen LogP contribution in [0.5, 0.6) is 5.75 Å². The van der Waals surface area contributed by atoms with Gasteiger partial charge >= 0.3 is 0 Å². The number of hydrogen-bond donors (Lipinski definition) is 0. The summed E-state index contributed by atoms with van der Waals surface area (Å²) in [4.78, 5) is 29.4. The second-order valence-electron chi connectivity index (χ2n) is 7.22. The van der Waals surface area contributed by atoms with E-state index in [0.29, 0.717) is 13.2 Å². The maximum atomic E-state index is 13.2. The first-order valence-corrected chi connectivity index (χ1v) is 9.52. The zero-order valence-electron chi connectivity index (χ0n) is 15.7. The van der Waals surface area contributed by atoms with Gasteiger partial charge in [-0.05, 0) is 56.2 Å². The summed E-state index contributed by atoms with van der Waals surface area (Å²) < 4.78 is 5.46. The maximum Gasteiger partial charge on any atom is 0.232 e. The average molecular weight is 364 g/mol. The van der Waals surface area contributed by atoms with Crippen molar-refractivity contribution in [3.8, 4) is 5.75 Å². The van der Waals surface area contributed by atoms with Crippen LogP contribution < -0.4 is 14.5 Å². The molecule has 0 unspecified atom stereocenters. The Balaban J connectivity index is 1.51. The van der Waals surface area contributed by atoms with Crippen LogP contribution in [0.4, 0.5) is 11.4 Å². The van der Waals surface area contributed by atoms with E-state index >= 15 is 0 Å². The van der Waals surface area contributed by atoms with Crippen molar-refractivity contribution in [3.05, 3.63) is 54.1 Å². The van der Waals surface area contributed by atoms with Crippen molar-refractivity contribution in [2.24, 2.45) is 5.92 Å². The summed E-state index contributed by atoms with van der Waals surface area (Å²) in [6.07, 6.45) is 1.13. The van der Waals surface area contributed by atoms with Crippen LogP contribution in [0.1, 0.15) is 25.8 Å². The molecule has 2 aliphatic rings. The summed E-state index contributed by atoms with van der Waals surface area (Å²) in [6.45, 7) is 5.04. The number of anilines is 2. The van der Waals surface area contributed by atoms with Crippen molar-refractivity contribution in [3.63, 3.8) is 0 Å². The van der Waals surface area contributed by atoms with Crippen molar-refractivity contribution in [2.75, 3.05) is 23.0 Å². The van der Waals surface area contributed by atoms with E-state index in [1.54, 1.807) is 4.90 Å². The maximum absolute atomic E-state index is 13.2. The van der Waals surface area contributed by atoms with Crippen molar-refractivity contribution in [1.29, 1.82) is 0 Å². The standard InChI is InChI=1S/C22H24N2O3/c1-3-27-19-10-8-18(9-11-19)23-14-17(13-21(23)25)22(26)24-15(2)12-16-6-4-5-7-20(16)24/h4-11,15,17H,3,12-14H2,1-2H3/t15-,17+/m1/s1. The second kappa shape index (κ2) is 7.06. The largest absolute Gasteiger partial charge is 0.494 e. The molecule has 2 aromatic rings. The Kier molecular flexibility index (Phi) is 4.60. The number of carbonyl (C=O) groups is 2. The molecule has 2 amide bonds. The van der Waals surface area contributed by atoms with E-state index in [-0.39, 0.29) is 30.2 Å². The Morgan fingerprint density at radius 1 is 1.11 bits per heavy atom. The molecule has 2 atom stereocenters. The van der Waals surface area contributed by atoms with E-state index in [1.165, 1.54) is 5.56 Å². The van der Waals surface area contributed by atoms with Gasteiger partial charge < -0.3 is 14.5 Å². The molecule has 1 saturated heterocycles. The van der Waals surface area contributed by atoms with Crippen LogP contribution in [0, 0.1) is 5.92 Å². The highest BCUT2D eigenvalue weighted by atomic mass is 16.5. The van der Waals surface area contributed by atoms with E-state index in [0.717, 1.165) is 23.5 Å². The normalized spacial score (nSPS) is 21.5. The predicted octanol–water partition coefficient (Wildman–Crippen LogP) is 3.42. The molecule has 0 N–H and O–H groups in total. The number of benzene rings is 2. The molecular weight excluding hydrogens is 340 g/mol. The highest BCUT2D eigenvalue weighted by Gasteiger charge is 2.40. The number of para-hydroxylation sites is 1. The SMILES string of the molecule is CCOc1ccc(N2C[C@@H](C(=O)N3c4ccccc4C[C@H]3C)CC2=O)cc1. The number of hydrogen-bond acceptors (Lipinski definition) is 3. The van der Waals surface area contributed by atoms with Gasteiger partial charge in [-0.15, -0.1) is 0 Å². The lowest BCUT2D eigenvalue weighted by Crippen LogP contribution is -2.41. The Morgan fingerprint density at radius 2 is 1.85 bits per heavy atom. The van der Waals surface area contributed by atoms with Gasteiger partial charge in [-0.1, -0.05) is 18.2 Å². The Hall–Kier alpha value is -2.82. The van der Waals surface area contributed by atoms with Gasteiger partial charge in [0.2, 0.25) is 11.8 Å². The molecule has 140 valence electrons. The van der Waals surface area contributed by atoms with Crippen LogP contribution in [0.2, 0.25) is 0 Å². The third kappa shape index (κ3) is 3.18. The monoisotopic (exact) mass is 364 g/mol. The first kappa shape index (κ1) is 17.6. The Labute approximate surface area is 159 Å². The lowest BCUT2D eigenvalue weighted by molar-refractivity contribution is -0.124. The fourth-order valence-electron chi connectivity index (χ4n) is 4.11. The Bertz CT molecular complexity index is 862. The molecule has 0 radical (unpaired) electrons. The number of amides is 2. The first-order valence-electron chi connectivity index (χ1n) is 9.52. The molecular formula is C22H24N2O3. The summed E-state index contributed by atoms with van der Waals surface area (Å²) in [5.74, 6) is 0.521. The summed E-state index contributed by atoms with van der Waals surface area (Å²) in [5.41, 5.74) is 3.00. The third-order valence-corrected chi connectivity index (χ3v) is 5.38. The predicted molar refractivity (Wildman–Crippen MR) is 105 cm³/mol. The molecule has 4 rings (SSSR count). The molecule has 2 heterocycles. The summed E-state index contributed by atoms with van der Waals surface area (Å²) in [6, 6.07) is 15.6. The second-order valence-corrected chi connectivity index (χ2v) is 7.22. The number of fused-ring (bicyclic) bond motifs is 1. The highest BCUT2D eigenvalue weighted by molar-refractivity contribution is 6.05. The van der Waals surface area contributed by atoms with E-state index in [9.17, 15) is 9.59 Å². The van der Waals surface area contributed by atoms with E-state index in [1.807, 2.05) is 54.3 Å². The fraction of sp³-hybridized carbons (Fsp3) is 0.364. The average Bonchev–Trinajstić information content (AvgIpc) is 3.21. The molecule has 5 nitrogen and oxygen atoms in total. The smallest absolute Gasteiger partial charge is 0.232 e. The van der Waals surface area contributed by atoms with Crippen molar-refractivity contribution in [1.82, 2.24) is 0 Å². The van der Waals surface area contributed by atoms with Crippen LogP contribution in [0.15, 0.2) is 48.5 Å². The molecule has 2 aliphatic heterocycles. The van der Waals surface area contributed by atoms with Gasteiger partial charge in [-0.3, -0.25) is 9.59 Å². The molecule has 0 spiro atoms. The van der Waals surface area contributed by atoms with Crippen LogP contribution >= 0.6 is 0 Å². The van der Waals surface area contributed by atoms with Gasteiger partial charge in [0.1, 0.15) is 5.75 Å². The van der Waals surface area contributed by atoms with Crippen molar-refractivity contribution in [2.45, 2.75) is 32.7 Å². The first-order chi connectivity index (χ1) is 13.1. The van der Waals surface area contributed by atoms with Gasteiger partial charge in [0.25, 0.3) is 0 Å².